The lowest BCUT2D eigenvalue weighted by Crippen LogP contribution is -2.54. The number of carbonyl (C=O) groups excluding carboxylic acids is 2. The molecule has 136 valence electrons. The van der Waals surface area contributed by atoms with Crippen molar-refractivity contribution >= 4 is 23.3 Å². The van der Waals surface area contributed by atoms with Crippen LogP contribution in [0.15, 0.2) is 17.5 Å². The van der Waals surface area contributed by atoms with Crippen LogP contribution in [0, 0.1) is 17.2 Å². The van der Waals surface area contributed by atoms with E-state index < -0.39 is 12.1 Å². The van der Waals surface area contributed by atoms with Crippen LogP contribution in [-0.2, 0) is 9.53 Å². The van der Waals surface area contributed by atoms with Gasteiger partial charge in [0, 0.05) is 18.0 Å². The van der Waals surface area contributed by atoms with Gasteiger partial charge < -0.3 is 20.3 Å². The Kier molecular flexibility index (Phi) is 7.22. The molecule has 0 aliphatic carbocycles. The average Bonchev–Trinajstić information content (AvgIpc) is 3.13. The van der Waals surface area contributed by atoms with Crippen LogP contribution in [0.3, 0.4) is 0 Å². The van der Waals surface area contributed by atoms with E-state index in [2.05, 4.69) is 16.7 Å². The minimum Gasteiger partial charge on any atom is -0.378 e. The molecule has 1 aliphatic rings. The van der Waals surface area contributed by atoms with E-state index in [4.69, 9.17) is 4.74 Å². The normalized spacial score (nSPS) is 16.8. The zero-order valence-electron chi connectivity index (χ0n) is 14.5. The highest BCUT2D eigenvalue weighted by Crippen LogP contribution is 2.18. The highest BCUT2D eigenvalue weighted by atomic mass is 32.1. The summed E-state index contributed by atoms with van der Waals surface area (Å²) in [5, 5.41) is 16.7. The van der Waals surface area contributed by atoms with Crippen molar-refractivity contribution in [2.24, 2.45) is 5.92 Å². The minimum absolute atomic E-state index is 0.225. The molecule has 0 aromatic carbocycles. The predicted octanol–water partition coefficient (Wildman–Crippen LogP) is 1.89. The Balaban J connectivity index is 2.01. The molecule has 0 spiro atoms. The van der Waals surface area contributed by atoms with Gasteiger partial charge in [-0.2, -0.15) is 5.26 Å². The quantitative estimate of drug-likeness (QED) is 0.806. The van der Waals surface area contributed by atoms with Gasteiger partial charge in [0.15, 0.2) is 6.04 Å². The number of urea groups is 1. The van der Waals surface area contributed by atoms with Crippen molar-refractivity contribution in [3.8, 4) is 6.07 Å². The first-order valence-electron chi connectivity index (χ1n) is 8.38. The Bertz CT molecular complexity index is 606. The number of rotatable bonds is 6. The van der Waals surface area contributed by atoms with Gasteiger partial charge in [0.05, 0.1) is 19.3 Å². The van der Waals surface area contributed by atoms with E-state index in [1.807, 2.05) is 31.4 Å². The van der Waals surface area contributed by atoms with Gasteiger partial charge in [-0.1, -0.05) is 19.9 Å². The van der Waals surface area contributed by atoms with E-state index >= 15 is 0 Å². The van der Waals surface area contributed by atoms with Gasteiger partial charge in [-0.25, -0.2) is 4.79 Å². The molecule has 3 amide bonds. The van der Waals surface area contributed by atoms with E-state index in [0.717, 1.165) is 4.88 Å². The third-order valence-corrected chi connectivity index (χ3v) is 4.80. The smallest absolute Gasteiger partial charge is 0.318 e. The van der Waals surface area contributed by atoms with Crippen LogP contribution in [0.4, 0.5) is 4.79 Å². The molecule has 2 rings (SSSR count). The Hall–Kier alpha value is -2.11. The monoisotopic (exact) mass is 364 g/mol. The SMILES string of the molecule is CC(C)C[C@H](NC(=O)N1CCOCC1)C(=O)NC(C#N)c1cccs1. The standard InChI is InChI=1S/C17H24N4O3S/c1-12(2)10-13(20-17(23)21-5-7-24-8-6-21)16(22)19-14(11-18)15-4-3-9-25-15/h3-4,9,12-14H,5-8,10H2,1-2H3,(H,19,22)(H,20,23)/t13-,14?/m0/s1. The van der Waals surface area contributed by atoms with E-state index in [9.17, 15) is 14.9 Å². The molecule has 1 unspecified atom stereocenters. The van der Waals surface area contributed by atoms with Crippen LogP contribution in [-0.4, -0.2) is 49.2 Å². The molecule has 2 N–H and O–H groups in total. The molecule has 0 saturated carbocycles. The molecule has 2 heterocycles. The fraction of sp³-hybridized carbons (Fsp3) is 0.588. The second kappa shape index (κ2) is 9.39. The fourth-order valence-corrected chi connectivity index (χ4v) is 3.29. The van der Waals surface area contributed by atoms with Crippen molar-refractivity contribution in [1.82, 2.24) is 15.5 Å². The highest BCUT2D eigenvalue weighted by Gasteiger charge is 2.27. The number of carbonyl (C=O) groups is 2. The second-order valence-corrected chi connectivity index (χ2v) is 7.30. The van der Waals surface area contributed by atoms with Crippen LogP contribution in [0.25, 0.3) is 0 Å². The van der Waals surface area contributed by atoms with Crippen molar-refractivity contribution in [2.45, 2.75) is 32.4 Å². The summed E-state index contributed by atoms with van der Waals surface area (Å²) in [4.78, 5) is 27.5. The average molecular weight is 364 g/mol. The number of morpholine rings is 1. The molecule has 1 aliphatic heterocycles. The number of nitrogens with one attached hydrogen (secondary N) is 2. The van der Waals surface area contributed by atoms with Crippen molar-refractivity contribution in [2.75, 3.05) is 26.3 Å². The van der Waals surface area contributed by atoms with Gasteiger partial charge in [0.2, 0.25) is 5.91 Å². The van der Waals surface area contributed by atoms with E-state index in [0.29, 0.717) is 32.7 Å². The fourth-order valence-electron chi connectivity index (χ4n) is 2.58. The number of nitriles is 1. The zero-order chi connectivity index (χ0) is 18.2. The van der Waals surface area contributed by atoms with Gasteiger partial charge in [0.1, 0.15) is 6.04 Å². The predicted molar refractivity (Wildman–Crippen MR) is 95.0 cm³/mol. The summed E-state index contributed by atoms with van der Waals surface area (Å²) in [5.41, 5.74) is 0. The maximum absolute atomic E-state index is 12.6. The van der Waals surface area contributed by atoms with E-state index in [-0.39, 0.29) is 17.9 Å². The molecule has 1 fully saturated rings. The van der Waals surface area contributed by atoms with Crippen LogP contribution in [0.2, 0.25) is 0 Å². The molecular weight excluding hydrogens is 340 g/mol. The molecule has 2 atom stereocenters. The largest absolute Gasteiger partial charge is 0.378 e. The summed E-state index contributed by atoms with van der Waals surface area (Å²) in [5.74, 6) is -0.113. The Morgan fingerprint density at radius 2 is 2.08 bits per heavy atom. The van der Waals surface area contributed by atoms with Crippen molar-refractivity contribution < 1.29 is 14.3 Å². The summed E-state index contributed by atoms with van der Waals surface area (Å²) in [6.45, 7) is 6.01. The summed E-state index contributed by atoms with van der Waals surface area (Å²) in [7, 11) is 0. The molecule has 1 aromatic rings. The Morgan fingerprint density at radius 3 is 2.64 bits per heavy atom. The lowest BCUT2D eigenvalue weighted by atomic mass is 10.0. The van der Waals surface area contributed by atoms with Crippen molar-refractivity contribution in [1.29, 1.82) is 5.26 Å². The van der Waals surface area contributed by atoms with Crippen molar-refractivity contribution in [3.05, 3.63) is 22.4 Å². The number of ether oxygens (including phenoxy) is 1. The summed E-state index contributed by atoms with van der Waals surface area (Å²) < 4.78 is 5.24. The number of hydrogen-bond acceptors (Lipinski definition) is 5. The number of nitrogens with zero attached hydrogens (tertiary/aromatic N) is 2. The Morgan fingerprint density at radius 1 is 1.36 bits per heavy atom. The summed E-state index contributed by atoms with van der Waals surface area (Å²) >= 11 is 1.41. The molecule has 1 aromatic heterocycles. The minimum atomic E-state index is -0.706. The molecule has 0 bridgehead atoms. The topological polar surface area (TPSA) is 94.5 Å². The van der Waals surface area contributed by atoms with Gasteiger partial charge in [-0.3, -0.25) is 4.79 Å². The molecule has 25 heavy (non-hydrogen) atoms. The van der Waals surface area contributed by atoms with Crippen molar-refractivity contribution in [3.63, 3.8) is 0 Å². The Labute approximate surface area is 151 Å². The van der Waals surface area contributed by atoms with Crippen LogP contribution < -0.4 is 10.6 Å². The van der Waals surface area contributed by atoms with Gasteiger partial charge in [0.25, 0.3) is 0 Å². The second-order valence-electron chi connectivity index (χ2n) is 6.32. The third kappa shape index (κ3) is 5.73. The van der Waals surface area contributed by atoms with Crippen LogP contribution in [0.1, 0.15) is 31.2 Å². The number of amides is 3. The maximum Gasteiger partial charge on any atom is 0.318 e. The molecular formula is C17H24N4O3S. The van der Waals surface area contributed by atoms with E-state index in [1.54, 1.807) is 4.90 Å². The zero-order valence-corrected chi connectivity index (χ0v) is 15.3. The number of hydrogen-bond donors (Lipinski definition) is 2. The summed E-state index contributed by atoms with van der Waals surface area (Å²) in [6, 6.07) is 4.09. The maximum atomic E-state index is 12.6. The highest BCUT2D eigenvalue weighted by molar-refractivity contribution is 7.10. The third-order valence-electron chi connectivity index (χ3n) is 3.86. The lowest BCUT2D eigenvalue weighted by Gasteiger charge is -2.29. The first-order chi connectivity index (χ1) is 12.0. The van der Waals surface area contributed by atoms with E-state index in [1.165, 1.54) is 11.3 Å². The van der Waals surface area contributed by atoms with Gasteiger partial charge >= 0.3 is 6.03 Å². The number of thiophene rings is 1. The first-order valence-corrected chi connectivity index (χ1v) is 9.25. The molecule has 0 radical (unpaired) electrons. The van der Waals surface area contributed by atoms with Gasteiger partial charge in [-0.05, 0) is 23.8 Å². The van der Waals surface area contributed by atoms with Crippen LogP contribution >= 0.6 is 11.3 Å². The molecule has 8 heteroatoms. The van der Waals surface area contributed by atoms with Crippen LogP contribution in [0.5, 0.6) is 0 Å². The summed E-state index contributed by atoms with van der Waals surface area (Å²) in [6.07, 6.45) is 0.504. The first kappa shape index (κ1) is 19.2. The molecule has 1 saturated heterocycles. The van der Waals surface area contributed by atoms with Gasteiger partial charge in [-0.15, -0.1) is 11.3 Å². The molecule has 7 nitrogen and oxygen atoms in total. The lowest BCUT2D eigenvalue weighted by molar-refractivity contribution is -0.123.